The number of hydrogen-bond donors (Lipinski definition) is 2. The quantitative estimate of drug-likeness (QED) is 0.832. The Morgan fingerprint density at radius 2 is 1.78 bits per heavy atom. The Hall–Kier alpha value is -1.06. The number of benzene rings is 1. The molecule has 1 rings (SSSR count). The van der Waals surface area contributed by atoms with E-state index in [1.807, 2.05) is 32.0 Å². The van der Waals surface area contributed by atoms with E-state index in [9.17, 15) is 5.11 Å². The summed E-state index contributed by atoms with van der Waals surface area (Å²) >= 11 is 0. The molecule has 3 N–H and O–H groups in total. The van der Waals surface area contributed by atoms with E-state index in [1.165, 1.54) is 0 Å². The molecule has 0 aromatic heterocycles. The Bertz CT molecular complexity index is 362. The van der Waals surface area contributed by atoms with Crippen LogP contribution in [-0.2, 0) is 0 Å². The maximum absolute atomic E-state index is 9.90. The smallest absolute Gasteiger partial charge is 0.137 e. The van der Waals surface area contributed by atoms with Crippen LogP contribution < -0.4 is 10.1 Å². The van der Waals surface area contributed by atoms with Gasteiger partial charge in [0.05, 0.1) is 5.54 Å². The molecule has 0 bridgehead atoms. The first-order valence-corrected chi connectivity index (χ1v) is 6.51. The van der Waals surface area contributed by atoms with E-state index in [0.717, 1.165) is 16.9 Å². The van der Waals surface area contributed by atoms with E-state index in [-0.39, 0.29) is 5.54 Å². The molecule has 0 radical (unpaired) electrons. The Labute approximate surface area is 110 Å². The van der Waals surface area contributed by atoms with Gasteiger partial charge in [0.1, 0.15) is 25.0 Å². The molecular weight excluding hydrogens is 226 g/mol. The van der Waals surface area contributed by atoms with Gasteiger partial charge < -0.3 is 15.2 Å². The molecule has 0 aliphatic rings. The second kappa shape index (κ2) is 6.21. The number of aryl methyl sites for hydroxylation is 2. The normalized spacial score (nSPS) is 13.4. The Morgan fingerprint density at radius 1 is 1.22 bits per heavy atom. The molecule has 1 atom stereocenters. The van der Waals surface area contributed by atoms with Crippen LogP contribution in [0.3, 0.4) is 0 Å². The minimum absolute atomic E-state index is 0.138. The first-order chi connectivity index (χ1) is 8.29. The van der Waals surface area contributed by atoms with Gasteiger partial charge in [-0.3, -0.25) is 0 Å². The fourth-order valence-electron chi connectivity index (χ4n) is 1.76. The van der Waals surface area contributed by atoms with Crippen molar-refractivity contribution in [3.63, 3.8) is 0 Å². The molecule has 0 aliphatic carbocycles. The highest BCUT2D eigenvalue weighted by atomic mass is 16.5. The minimum atomic E-state index is -0.441. The van der Waals surface area contributed by atoms with Crippen LogP contribution in [0.5, 0.6) is 5.75 Å². The molecule has 0 aliphatic heterocycles. The van der Waals surface area contributed by atoms with E-state index in [4.69, 9.17) is 4.74 Å². The Balaban J connectivity index is 2.45. The number of aliphatic hydroxyl groups excluding tert-OH is 1. The number of ether oxygens (including phenoxy) is 1. The average molecular weight is 252 g/mol. The minimum Gasteiger partial charge on any atom is -0.490 e. The summed E-state index contributed by atoms with van der Waals surface area (Å²) in [5.41, 5.74) is 2.36. The highest BCUT2D eigenvalue weighted by Crippen LogP contribution is 2.22. The molecule has 0 heterocycles. The van der Waals surface area contributed by atoms with Crippen molar-refractivity contribution in [1.29, 1.82) is 0 Å². The average Bonchev–Trinajstić information content (AvgIpc) is 2.25. The summed E-state index contributed by atoms with van der Waals surface area (Å²) < 4.78 is 5.72. The zero-order chi connectivity index (χ0) is 13.8. The van der Waals surface area contributed by atoms with Gasteiger partial charge in [-0.25, -0.2) is 0 Å². The van der Waals surface area contributed by atoms with Crippen molar-refractivity contribution in [2.45, 2.75) is 46.3 Å². The van der Waals surface area contributed by atoms with Gasteiger partial charge in [-0.1, -0.05) is 18.2 Å². The van der Waals surface area contributed by atoms with Crippen molar-refractivity contribution in [2.24, 2.45) is 0 Å². The molecule has 18 heavy (non-hydrogen) atoms. The van der Waals surface area contributed by atoms with Crippen LogP contribution in [0.25, 0.3) is 0 Å². The van der Waals surface area contributed by atoms with E-state index in [1.54, 1.807) is 0 Å². The van der Waals surface area contributed by atoms with Gasteiger partial charge in [-0.2, -0.15) is 0 Å². The van der Waals surface area contributed by atoms with Crippen molar-refractivity contribution in [2.75, 3.05) is 13.2 Å². The molecule has 0 spiro atoms. The van der Waals surface area contributed by atoms with E-state index in [2.05, 4.69) is 26.1 Å². The highest BCUT2D eigenvalue weighted by Gasteiger charge is 2.17. The topological polar surface area (TPSA) is 46.1 Å². The SMILES string of the molecule is Cc1cccc(C)c1OC[C@@H](O)C[NH2+]C(C)(C)C. The van der Waals surface area contributed by atoms with Gasteiger partial charge >= 0.3 is 0 Å². The number of para-hydroxylation sites is 1. The molecule has 3 heteroatoms. The summed E-state index contributed by atoms with van der Waals surface area (Å²) in [6, 6.07) is 6.06. The summed E-state index contributed by atoms with van der Waals surface area (Å²) in [5, 5.41) is 12.0. The fraction of sp³-hybridized carbons (Fsp3) is 0.600. The second-order valence-corrected chi connectivity index (χ2v) is 5.99. The lowest BCUT2D eigenvalue weighted by atomic mass is 10.1. The van der Waals surface area contributed by atoms with Gasteiger partial charge in [-0.05, 0) is 45.7 Å². The number of hydrogen-bond acceptors (Lipinski definition) is 2. The third-order valence-electron chi connectivity index (χ3n) is 2.83. The van der Waals surface area contributed by atoms with Crippen LogP contribution in [0.1, 0.15) is 31.9 Å². The largest absolute Gasteiger partial charge is 0.490 e. The highest BCUT2D eigenvalue weighted by molar-refractivity contribution is 5.39. The number of rotatable bonds is 5. The first kappa shape index (κ1) is 15.0. The molecule has 0 saturated carbocycles. The van der Waals surface area contributed by atoms with Crippen molar-refractivity contribution in [3.8, 4) is 5.75 Å². The van der Waals surface area contributed by atoms with Crippen molar-refractivity contribution < 1.29 is 15.2 Å². The van der Waals surface area contributed by atoms with Crippen LogP contribution in [0.15, 0.2) is 18.2 Å². The molecule has 102 valence electrons. The van der Waals surface area contributed by atoms with Crippen molar-refractivity contribution in [1.82, 2.24) is 0 Å². The predicted octanol–water partition coefficient (Wildman–Crippen LogP) is 1.41. The number of aliphatic hydroxyl groups is 1. The van der Waals surface area contributed by atoms with E-state index >= 15 is 0 Å². The molecule has 3 nitrogen and oxygen atoms in total. The molecule has 0 saturated heterocycles. The molecule has 0 fully saturated rings. The predicted molar refractivity (Wildman–Crippen MR) is 74.0 cm³/mol. The molecule has 1 aromatic rings. The third kappa shape index (κ3) is 5.07. The van der Waals surface area contributed by atoms with Crippen LogP contribution in [-0.4, -0.2) is 29.9 Å². The lowest BCUT2D eigenvalue weighted by molar-refractivity contribution is -0.722. The fourth-order valence-corrected chi connectivity index (χ4v) is 1.76. The van der Waals surface area contributed by atoms with Crippen LogP contribution in [0, 0.1) is 13.8 Å². The molecule has 1 aromatic carbocycles. The van der Waals surface area contributed by atoms with Gasteiger partial charge in [0.15, 0.2) is 0 Å². The lowest BCUT2D eigenvalue weighted by Gasteiger charge is -2.20. The van der Waals surface area contributed by atoms with E-state index in [0.29, 0.717) is 13.2 Å². The van der Waals surface area contributed by atoms with Crippen molar-refractivity contribution in [3.05, 3.63) is 29.3 Å². The summed E-state index contributed by atoms with van der Waals surface area (Å²) in [7, 11) is 0. The van der Waals surface area contributed by atoms with Gasteiger partial charge in [0.2, 0.25) is 0 Å². The second-order valence-electron chi connectivity index (χ2n) is 5.99. The van der Waals surface area contributed by atoms with Crippen LogP contribution in [0.4, 0.5) is 0 Å². The van der Waals surface area contributed by atoms with Gasteiger partial charge in [0, 0.05) is 0 Å². The summed E-state index contributed by atoms with van der Waals surface area (Å²) in [6.07, 6.45) is -0.441. The monoisotopic (exact) mass is 252 g/mol. The van der Waals surface area contributed by atoms with Crippen molar-refractivity contribution >= 4 is 0 Å². The summed E-state index contributed by atoms with van der Waals surface area (Å²) in [5.74, 6) is 0.896. The Kier molecular flexibility index (Phi) is 5.17. The lowest BCUT2D eigenvalue weighted by Crippen LogP contribution is -2.96. The summed E-state index contributed by atoms with van der Waals surface area (Å²) in [4.78, 5) is 0. The number of quaternary nitrogens is 1. The molecular formula is C15H26NO2+. The zero-order valence-corrected chi connectivity index (χ0v) is 12.2. The number of nitrogens with two attached hydrogens (primary N) is 1. The summed E-state index contributed by atoms with van der Waals surface area (Å²) in [6.45, 7) is 11.4. The standard InChI is InChI=1S/C15H25NO2/c1-11-7-6-8-12(2)14(11)18-10-13(17)9-16-15(3,4)5/h6-8,13,16-17H,9-10H2,1-5H3/p+1/t13-/m0/s1. The molecule has 0 amide bonds. The van der Waals surface area contributed by atoms with Gasteiger partial charge in [0.25, 0.3) is 0 Å². The van der Waals surface area contributed by atoms with Crippen LogP contribution in [0.2, 0.25) is 0 Å². The third-order valence-corrected chi connectivity index (χ3v) is 2.83. The first-order valence-electron chi connectivity index (χ1n) is 6.51. The maximum Gasteiger partial charge on any atom is 0.137 e. The Morgan fingerprint density at radius 3 is 2.28 bits per heavy atom. The van der Waals surface area contributed by atoms with E-state index < -0.39 is 6.10 Å². The molecule has 0 unspecified atom stereocenters. The maximum atomic E-state index is 9.90. The van der Waals surface area contributed by atoms with Crippen LogP contribution >= 0.6 is 0 Å². The van der Waals surface area contributed by atoms with Gasteiger partial charge in [-0.15, -0.1) is 0 Å². The zero-order valence-electron chi connectivity index (χ0n) is 12.2.